The van der Waals surface area contributed by atoms with Gasteiger partial charge < -0.3 is 19.9 Å². The van der Waals surface area contributed by atoms with Crippen LogP contribution in [0.2, 0.25) is 0 Å². The molecule has 1 unspecified atom stereocenters. The Labute approximate surface area is 191 Å². The average molecular weight is 448 g/mol. The van der Waals surface area contributed by atoms with Crippen molar-refractivity contribution in [2.75, 3.05) is 13.2 Å². The third kappa shape index (κ3) is 3.96. The highest BCUT2D eigenvalue weighted by molar-refractivity contribution is 5.83. The lowest BCUT2D eigenvalue weighted by atomic mass is 9.83. The van der Waals surface area contributed by atoms with Crippen LogP contribution in [-0.2, 0) is 10.3 Å². The topological polar surface area (TPSA) is 91.9 Å². The number of pyridine rings is 2. The highest BCUT2D eigenvalue weighted by Crippen LogP contribution is 2.50. The summed E-state index contributed by atoms with van der Waals surface area (Å²) in [5.41, 5.74) is 7.30. The minimum atomic E-state index is -1.15. The number of halogens is 1. The number of rotatable bonds is 3. The first-order chi connectivity index (χ1) is 15.7. The van der Waals surface area contributed by atoms with Gasteiger partial charge in [-0.1, -0.05) is 26.8 Å². The van der Waals surface area contributed by atoms with Crippen LogP contribution in [0.15, 0.2) is 53.8 Å². The average Bonchev–Trinajstić information content (AvgIpc) is 2.78. The molecule has 0 saturated carbocycles. The molecule has 0 radical (unpaired) electrons. The molecule has 0 aliphatic carbocycles. The molecular formula is C25H25FN4O3. The van der Waals surface area contributed by atoms with Crippen molar-refractivity contribution in [1.82, 2.24) is 9.97 Å². The Hall–Kier alpha value is -3.36. The molecule has 8 heteroatoms. The quantitative estimate of drug-likeness (QED) is 0.596. The van der Waals surface area contributed by atoms with Crippen molar-refractivity contribution in [3.63, 3.8) is 0 Å². The van der Waals surface area contributed by atoms with Gasteiger partial charge in [-0.05, 0) is 41.3 Å². The molecule has 0 fully saturated rings. The van der Waals surface area contributed by atoms with E-state index in [4.69, 9.17) is 19.9 Å². The van der Waals surface area contributed by atoms with Crippen molar-refractivity contribution in [3.8, 4) is 28.5 Å². The van der Waals surface area contributed by atoms with E-state index in [0.717, 1.165) is 0 Å². The van der Waals surface area contributed by atoms with Crippen molar-refractivity contribution in [1.29, 1.82) is 0 Å². The van der Waals surface area contributed by atoms with Crippen molar-refractivity contribution >= 4 is 6.21 Å². The fourth-order valence-corrected chi connectivity index (χ4v) is 3.94. The molecule has 7 nitrogen and oxygen atoms in total. The van der Waals surface area contributed by atoms with Gasteiger partial charge in [0, 0.05) is 23.5 Å². The van der Waals surface area contributed by atoms with E-state index in [1.165, 1.54) is 6.20 Å². The molecule has 1 spiro atoms. The predicted molar refractivity (Wildman–Crippen MR) is 122 cm³/mol. The van der Waals surface area contributed by atoms with E-state index in [0.29, 0.717) is 52.8 Å². The third-order valence-corrected chi connectivity index (χ3v) is 5.45. The van der Waals surface area contributed by atoms with Gasteiger partial charge in [0.15, 0.2) is 5.60 Å². The van der Waals surface area contributed by atoms with E-state index in [1.807, 2.05) is 12.1 Å². The fourth-order valence-electron chi connectivity index (χ4n) is 3.94. The number of aliphatic imine (C=N–C) groups is 1. The second kappa shape index (κ2) is 7.90. The first-order valence-electron chi connectivity index (χ1n) is 10.8. The van der Waals surface area contributed by atoms with Crippen LogP contribution in [0.25, 0.3) is 11.1 Å². The van der Waals surface area contributed by atoms with Gasteiger partial charge in [0.2, 0.25) is 11.8 Å². The van der Waals surface area contributed by atoms with Crippen LogP contribution in [0.4, 0.5) is 4.39 Å². The van der Waals surface area contributed by atoms with Crippen molar-refractivity contribution in [2.45, 2.75) is 32.6 Å². The molecule has 0 saturated heterocycles. The summed E-state index contributed by atoms with van der Waals surface area (Å²) < 4.78 is 32.9. The summed E-state index contributed by atoms with van der Waals surface area (Å²) in [5, 5.41) is 0. The Balaban J connectivity index is 1.65. The lowest BCUT2D eigenvalue weighted by Gasteiger charge is -2.40. The van der Waals surface area contributed by atoms with Crippen LogP contribution in [0.5, 0.6) is 17.4 Å². The number of hydrogen-bond acceptors (Lipinski definition) is 7. The molecule has 0 amide bonds. The zero-order valence-electron chi connectivity index (χ0n) is 18.7. The van der Waals surface area contributed by atoms with E-state index in [9.17, 15) is 4.39 Å². The molecule has 2 atom stereocenters. The van der Waals surface area contributed by atoms with Crippen LogP contribution in [-0.4, -0.2) is 35.6 Å². The maximum absolute atomic E-state index is 14.4. The smallest absolute Gasteiger partial charge is 0.226 e. The van der Waals surface area contributed by atoms with Crippen molar-refractivity contribution < 1.29 is 18.6 Å². The first-order valence-corrected chi connectivity index (χ1v) is 10.8. The van der Waals surface area contributed by atoms with Gasteiger partial charge in [0.05, 0.1) is 24.9 Å². The molecule has 33 heavy (non-hydrogen) atoms. The minimum absolute atomic E-state index is 0.0233. The highest BCUT2D eigenvalue weighted by atomic mass is 19.1. The number of nitrogens with zero attached hydrogens (tertiary/aromatic N) is 3. The van der Waals surface area contributed by atoms with E-state index in [1.54, 1.807) is 36.7 Å². The lowest BCUT2D eigenvalue weighted by Crippen LogP contribution is -2.46. The predicted octanol–water partition coefficient (Wildman–Crippen LogP) is 4.44. The maximum atomic E-state index is 14.4. The molecule has 1 aromatic carbocycles. The van der Waals surface area contributed by atoms with Gasteiger partial charge in [0.1, 0.15) is 17.7 Å². The Morgan fingerprint density at radius 3 is 2.79 bits per heavy atom. The Bertz CT molecular complexity index is 1240. The normalized spacial score (nSPS) is 21.3. The summed E-state index contributed by atoms with van der Waals surface area (Å²) in [6, 6.07) is 10.6. The standard InChI is InChI=1S/C25H25FN4O3/c1-24(2,3)14-31-16-10-19-23(30-11-16)32-20-7-6-15(17-5-4-8-29-22(17)26)9-18(20)25(19)13-28-12-21(27)33-25/h4-11,13,21H,12,14,27H2,1-3H3/t21?,25-/m0/s1. The Kier molecular flexibility index (Phi) is 5.14. The molecule has 170 valence electrons. The van der Waals surface area contributed by atoms with E-state index in [2.05, 4.69) is 35.7 Å². The van der Waals surface area contributed by atoms with Crippen LogP contribution in [0.1, 0.15) is 31.9 Å². The summed E-state index contributed by atoms with van der Waals surface area (Å²) in [5.74, 6) is 0.942. The Morgan fingerprint density at radius 1 is 1.18 bits per heavy atom. The van der Waals surface area contributed by atoms with Crippen LogP contribution < -0.4 is 15.2 Å². The summed E-state index contributed by atoms with van der Waals surface area (Å²) in [4.78, 5) is 12.7. The fraction of sp³-hybridized carbons (Fsp3) is 0.320. The van der Waals surface area contributed by atoms with Crippen molar-refractivity contribution in [2.24, 2.45) is 16.1 Å². The summed E-state index contributed by atoms with van der Waals surface area (Å²) in [6.07, 6.45) is 4.13. The number of fused-ring (bicyclic) bond motifs is 4. The first kappa shape index (κ1) is 21.5. The summed E-state index contributed by atoms with van der Waals surface area (Å²) in [6.45, 7) is 7.12. The van der Waals surface area contributed by atoms with Crippen LogP contribution in [0, 0.1) is 11.4 Å². The van der Waals surface area contributed by atoms with Gasteiger partial charge in [-0.15, -0.1) is 0 Å². The lowest BCUT2D eigenvalue weighted by molar-refractivity contribution is -0.0319. The molecule has 3 aromatic rings. The van der Waals surface area contributed by atoms with E-state index in [-0.39, 0.29) is 5.41 Å². The van der Waals surface area contributed by atoms with Gasteiger partial charge in [-0.2, -0.15) is 4.39 Å². The maximum Gasteiger partial charge on any atom is 0.226 e. The zero-order valence-corrected chi connectivity index (χ0v) is 18.7. The molecule has 4 heterocycles. The minimum Gasteiger partial charge on any atom is -0.491 e. The molecule has 2 aromatic heterocycles. The Morgan fingerprint density at radius 2 is 2.03 bits per heavy atom. The molecule has 2 aliphatic heterocycles. The zero-order chi connectivity index (χ0) is 23.2. The molecule has 5 rings (SSSR count). The largest absolute Gasteiger partial charge is 0.491 e. The molecule has 2 N–H and O–H groups in total. The van der Waals surface area contributed by atoms with E-state index < -0.39 is 17.8 Å². The molecular weight excluding hydrogens is 423 g/mol. The highest BCUT2D eigenvalue weighted by Gasteiger charge is 2.46. The summed E-state index contributed by atoms with van der Waals surface area (Å²) >= 11 is 0. The molecule has 2 aliphatic rings. The van der Waals surface area contributed by atoms with Crippen LogP contribution in [0.3, 0.4) is 0 Å². The SMILES string of the molecule is CC(C)(C)COc1cnc2c(c1)[C@]1(C=NCC(N)O1)c1cc(-c3cccnc3F)ccc1O2. The third-order valence-electron chi connectivity index (χ3n) is 5.45. The van der Waals surface area contributed by atoms with Crippen molar-refractivity contribution in [3.05, 3.63) is 65.9 Å². The number of ether oxygens (including phenoxy) is 3. The van der Waals surface area contributed by atoms with Gasteiger partial charge in [-0.3, -0.25) is 4.99 Å². The van der Waals surface area contributed by atoms with Gasteiger partial charge >= 0.3 is 0 Å². The number of benzene rings is 1. The number of hydrogen-bond donors (Lipinski definition) is 1. The molecule has 0 bridgehead atoms. The number of nitrogens with two attached hydrogens (primary N) is 1. The van der Waals surface area contributed by atoms with E-state index >= 15 is 0 Å². The second-order valence-corrected chi connectivity index (χ2v) is 9.41. The number of aromatic nitrogens is 2. The van der Waals surface area contributed by atoms with Gasteiger partial charge in [0.25, 0.3) is 0 Å². The van der Waals surface area contributed by atoms with Crippen LogP contribution >= 0.6 is 0 Å². The monoisotopic (exact) mass is 448 g/mol. The second-order valence-electron chi connectivity index (χ2n) is 9.41. The summed E-state index contributed by atoms with van der Waals surface area (Å²) in [7, 11) is 0. The van der Waals surface area contributed by atoms with Gasteiger partial charge in [-0.25, -0.2) is 9.97 Å².